The first-order chi connectivity index (χ1) is 15.2. The van der Waals surface area contributed by atoms with Crippen molar-refractivity contribution in [3.05, 3.63) is 69.9 Å². The fourth-order valence-electron chi connectivity index (χ4n) is 3.96. The molecule has 5 nitrogen and oxygen atoms in total. The van der Waals surface area contributed by atoms with Gasteiger partial charge >= 0.3 is 0 Å². The Kier molecular flexibility index (Phi) is 5.72. The van der Waals surface area contributed by atoms with Crippen LogP contribution in [-0.2, 0) is 6.54 Å². The van der Waals surface area contributed by atoms with E-state index >= 15 is 0 Å². The molecule has 1 fully saturated rings. The van der Waals surface area contributed by atoms with E-state index < -0.39 is 0 Å². The first-order valence-corrected chi connectivity index (χ1v) is 12.1. The van der Waals surface area contributed by atoms with Crippen LogP contribution in [0.1, 0.15) is 16.1 Å². The lowest BCUT2D eigenvalue weighted by Crippen LogP contribution is -2.48. The van der Waals surface area contributed by atoms with Gasteiger partial charge in [-0.1, -0.05) is 24.3 Å². The minimum absolute atomic E-state index is 0.0376. The van der Waals surface area contributed by atoms with Crippen LogP contribution in [0.25, 0.3) is 21.3 Å². The number of hydrogen-bond donors (Lipinski definition) is 0. The van der Waals surface area contributed by atoms with Crippen molar-refractivity contribution in [2.45, 2.75) is 6.54 Å². The zero-order chi connectivity index (χ0) is 21.2. The second kappa shape index (κ2) is 8.78. The van der Waals surface area contributed by atoms with Crippen LogP contribution in [0.2, 0.25) is 0 Å². The molecular formula is C24H23N3O2S2. The molecule has 2 aromatic carbocycles. The van der Waals surface area contributed by atoms with Gasteiger partial charge in [-0.2, -0.15) is 11.3 Å². The summed E-state index contributed by atoms with van der Waals surface area (Å²) in [6.45, 7) is 3.91. The normalized spacial score (nSPS) is 14.8. The molecule has 0 bridgehead atoms. The van der Waals surface area contributed by atoms with Gasteiger partial charge in [0, 0.05) is 49.0 Å². The summed E-state index contributed by atoms with van der Waals surface area (Å²) in [7, 11) is 1.62. The maximum absolute atomic E-state index is 13.2. The fourth-order valence-corrected chi connectivity index (χ4v) is 5.49. The minimum Gasteiger partial charge on any atom is -0.496 e. The highest BCUT2D eigenvalue weighted by atomic mass is 32.1. The second-order valence-electron chi connectivity index (χ2n) is 7.62. The van der Waals surface area contributed by atoms with E-state index in [1.54, 1.807) is 29.8 Å². The van der Waals surface area contributed by atoms with Crippen LogP contribution < -0.4 is 4.74 Å². The van der Waals surface area contributed by atoms with Crippen LogP contribution in [-0.4, -0.2) is 54.0 Å². The molecule has 1 aliphatic rings. The molecule has 0 N–H and O–H groups in total. The Morgan fingerprint density at radius 3 is 2.55 bits per heavy atom. The number of aromatic nitrogens is 1. The lowest BCUT2D eigenvalue weighted by atomic mass is 10.0. The smallest absolute Gasteiger partial charge is 0.257 e. The van der Waals surface area contributed by atoms with Crippen LogP contribution in [0.15, 0.2) is 58.6 Å². The van der Waals surface area contributed by atoms with Crippen LogP contribution in [0, 0.1) is 0 Å². The Bertz CT molecular complexity index is 1190. The number of ether oxygens (including phenoxy) is 1. The molecule has 0 unspecified atom stereocenters. The number of benzene rings is 2. The maximum Gasteiger partial charge on any atom is 0.257 e. The summed E-state index contributed by atoms with van der Waals surface area (Å²) in [5.41, 5.74) is 2.93. The lowest BCUT2D eigenvalue weighted by Gasteiger charge is -2.34. The average molecular weight is 450 g/mol. The van der Waals surface area contributed by atoms with Gasteiger partial charge in [-0.05, 0) is 34.4 Å². The summed E-state index contributed by atoms with van der Waals surface area (Å²) in [5.74, 6) is 0.671. The SMILES string of the molecule is COc1cc2ccccc2cc1C(=O)N1CCN(Cc2csc(-c3ccsc3)n2)CC1. The largest absolute Gasteiger partial charge is 0.496 e. The standard InChI is InChI=1S/C24H23N3O2S2/c1-29-22-13-18-5-3-2-4-17(18)12-21(22)24(28)27-9-7-26(8-10-27)14-20-16-31-23(25-20)19-6-11-30-15-19/h2-6,11-13,15-16H,7-10,14H2,1H3. The molecule has 2 aromatic heterocycles. The molecule has 0 atom stereocenters. The molecule has 31 heavy (non-hydrogen) atoms. The van der Waals surface area contributed by atoms with Crippen LogP contribution in [0.4, 0.5) is 0 Å². The number of piperazine rings is 1. The summed E-state index contributed by atoms with van der Waals surface area (Å²) < 4.78 is 5.53. The molecule has 4 aromatic rings. The quantitative estimate of drug-likeness (QED) is 0.431. The Labute approximate surface area is 189 Å². The molecule has 1 saturated heterocycles. The first-order valence-electron chi connectivity index (χ1n) is 10.3. The van der Waals surface area contributed by atoms with Crippen molar-refractivity contribution in [2.24, 2.45) is 0 Å². The van der Waals surface area contributed by atoms with E-state index in [0.717, 1.165) is 41.1 Å². The number of thiazole rings is 1. The van der Waals surface area contributed by atoms with Gasteiger partial charge in [0.15, 0.2) is 0 Å². The highest BCUT2D eigenvalue weighted by Gasteiger charge is 2.25. The summed E-state index contributed by atoms with van der Waals surface area (Å²) in [6.07, 6.45) is 0. The molecule has 3 heterocycles. The fraction of sp³-hybridized carbons (Fsp3) is 0.250. The van der Waals surface area contributed by atoms with E-state index in [0.29, 0.717) is 24.4 Å². The van der Waals surface area contributed by atoms with Gasteiger partial charge < -0.3 is 9.64 Å². The molecule has 0 saturated carbocycles. The zero-order valence-electron chi connectivity index (χ0n) is 17.3. The molecule has 1 aliphatic heterocycles. The Morgan fingerprint density at radius 2 is 1.84 bits per heavy atom. The number of methoxy groups -OCH3 is 1. The van der Waals surface area contributed by atoms with Gasteiger partial charge in [-0.3, -0.25) is 9.69 Å². The Morgan fingerprint density at radius 1 is 1.06 bits per heavy atom. The van der Waals surface area contributed by atoms with Gasteiger partial charge in [0.1, 0.15) is 10.8 Å². The predicted octanol–water partition coefficient (Wildman–Crippen LogP) is 4.99. The van der Waals surface area contributed by atoms with Crippen LogP contribution >= 0.6 is 22.7 Å². The van der Waals surface area contributed by atoms with Gasteiger partial charge in [0.2, 0.25) is 0 Å². The molecule has 5 rings (SSSR count). The van der Waals surface area contributed by atoms with E-state index in [4.69, 9.17) is 9.72 Å². The number of carbonyl (C=O) groups is 1. The number of nitrogens with zero attached hydrogens (tertiary/aromatic N) is 3. The number of hydrogen-bond acceptors (Lipinski definition) is 6. The highest BCUT2D eigenvalue weighted by molar-refractivity contribution is 7.14. The summed E-state index contributed by atoms with van der Waals surface area (Å²) in [5, 5.41) is 9.56. The number of carbonyl (C=O) groups excluding carboxylic acids is 1. The lowest BCUT2D eigenvalue weighted by molar-refractivity contribution is 0.0624. The van der Waals surface area contributed by atoms with Crippen molar-refractivity contribution in [1.29, 1.82) is 0 Å². The summed E-state index contributed by atoms with van der Waals surface area (Å²) in [4.78, 5) is 22.3. The summed E-state index contributed by atoms with van der Waals surface area (Å²) >= 11 is 3.39. The van der Waals surface area contributed by atoms with Crippen LogP contribution in [0.3, 0.4) is 0 Å². The molecule has 7 heteroatoms. The van der Waals surface area contributed by atoms with Crippen molar-refractivity contribution < 1.29 is 9.53 Å². The highest BCUT2D eigenvalue weighted by Crippen LogP contribution is 2.28. The van der Waals surface area contributed by atoms with Gasteiger partial charge in [0.25, 0.3) is 5.91 Å². The van der Waals surface area contributed by atoms with Crippen LogP contribution in [0.5, 0.6) is 5.75 Å². The number of thiophene rings is 1. The van der Waals surface area contributed by atoms with E-state index in [-0.39, 0.29) is 5.91 Å². The second-order valence-corrected chi connectivity index (χ2v) is 9.26. The Balaban J connectivity index is 1.24. The molecule has 0 radical (unpaired) electrons. The van der Waals surface area contributed by atoms with Crippen molar-refractivity contribution in [2.75, 3.05) is 33.3 Å². The van der Waals surface area contributed by atoms with E-state index in [2.05, 4.69) is 27.1 Å². The van der Waals surface area contributed by atoms with Crippen molar-refractivity contribution in [3.8, 4) is 16.3 Å². The third-order valence-electron chi connectivity index (χ3n) is 5.66. The molecule has 0 aliphatic carbocycles. The average Bonchev–Trinajstić information content (AvgIpc) is 3.50. The van der Waals surface area contributed by atoms with E-state index in [1.165, 1.54) is 5.56 Å². The topological polar surface area (TPSA) is 45.7 Å². The van der Waals surface area contributed by atoms with Crippen molar-refractivity contribution >= 4 is 39.4 Å². The monoisotopic (exact) mass is 449 g/mol. The Hall–Kier alpha value is -2.74. The molecule has 0 spiro atoms. The number of rotatable bonds is 5. The molecule has 1 amide bonds. The van der Waals surface area contributed by atoms with Gasteiger partial charge in [0.05, 0.1) is 18.4 Å². The maximum atomic E-state index is 13.2. The minimum atomic E-state index is 0.0376. The number of fused-ring (bicyclic) bond motifs is 1. The number of amides is 1. The third kappa shape index (κ3) is 4.21. The van der Waals surface area contributed by atoms with Gasteiger partial charge in [-0.15, -0.1) is 11.3 Å². The summed E-state index contributed by atoms with van der Waals surface area (Å²) in [6, 6.07) is 14.1. The molecule has 158 valence electrons. The first kappa shape index (κ1) is 20.2. The van der Waals surface area contributed by atoms with Crippen molar-refractivity contribution in [1.82, 2.24) is 14.8 Å². The third-order valence-corrected chi connectivity index (χ3v) is 7.29. The zero-order valence-corrected chi connectivity index (χ0v) is 18.9. The van der Waals surface area contributed by atoms with E-state index in [9.17, 15) is 4.79 Å². The molecular weight excluding hydrogens is 426 g/mol. The van der Waals surface area contributed by atoms with Gasteiger partial charge in [-0.25, -0.2) is 4.98 Å². The van der Waals surface area contributed by atoms with E-state index in [1.807, 2.05) is 41.3 Å². The van der Waals surface area contributed by atoms with Crippen molar-refractivity contribution in [3.63, 3.8) is 0 Å². The predicted molar refractivity (Wildman–Crippen MR) is 127 cm³/mol.